The molecule has 4 heteroatoms. The minimum atomic E-state index is -0.826. The van der Waals surface area contributed by atoms with Crippen molar-refractivity contribution in [2.75, 3.05) is 0 Å². The van der Waals surface area contributed by atoms with E-state index in [0.29, 0.717) is 0 Å². The van der Waals surface area contributed by atoms with Crippen molar-refractivity contribution in [3.05, 3.63) is 278 Å². The van der Waals surface area contributed by atoms with Crippen molar-refractivity contribution in [3.8, 4) is 44.5 Å². The molecule has 0 bridgehead atoms. The van der Waals surface area contributed by atoms with Gasteiger partial charge in [-0.05, 0) is 144 Å². The summed E-state index contributed by atoms with van der Waals surface area (Å²) in [7, 11) is 11.0. The average Bonchev–Trinajstić information content (AvgIpc) is 1.62. The first-order chi connectivity index (χ1) is 42.8. The zero-order valence-electron chi connectivity index (χ0n) is 51.2. The first-order valence-corrected chi connectivity index (χ1v) is 38.8. The Kier molecular flexibility index (Phi) is 16.5. The first kappa shape index (κ1) is 59.0. The van der Waals surface area contributed by atoms with E-state index in [0.717, 1.165) is 9.52 Å². The summed E-state index contributed by atoms with van der Waals surface area (Å²) in [6.07, 6.45) is 0. The van der Waals surface area contributed by atoms with Crippen molar-refractivity contribution < 1.29 is 20.8 Å². The van der Waals surface area contributed by atoms with E-state index < -0.39 is 20.8 Å². The van der Waals surface area contributed by atoms with Crippen molar-refractivity contribution in [1.29, 1.82) is 0 Å². The number of benzene rings is 14. The van der Waals surface area contributed by atoms with Crippen LogP contribution in [0.4, 0.5) is 0 Å². The molecule has 2 radical (unpaired) electrons. The third-order valence-corrected chi connectivity index (χ3v) is 17.7. The van der Waals surface area contributed by atoms with Gasteiger partial charge in [0.15, 0.2) is 0 Å². The van der Waals surface area contributed by atoms with E-state index in [9.17, 15) is 0 Å². The molecule has 0 heterocycles. The van der Waals surface area contributed by atoms with Crippen LogP contribution in [-0.4, -0.2) is 9.52 Å². The second-order valence-electron chi connectivity index (χ2n) is 25.3. The van der Waals surface area contributed by atoms with Crippen LogP contribution in [0, 0.1) is 0 Å². The predicted octanol–water partition coefficient (Wildman–Crippen LogP) is 25.8. The van der Waals surface area contributed by atoms with Crippen molar-refractivity contribution in [2.24, 2.45) is 0 Å². The van der Waals surface area contributed by atoms with Crippen LogP contribution < -0.4 is 0 Å². The molecule has 16 rings (SSSR count). The van der Waals surface area contributed by atoms with Crippen LogP contribution in [-0.2, 0) is 31.7 Å². The van der Waals surface area contributed by atoms with Gasteiger partial charge >= 0.3 is 37.9 Å². The molecule has 16 aromatic rings. The van der Waals surface area contributed by atoms with Crippen LogP contribution in [0.2, 0.25) is 13.1 Å². The first-order valence-electron chi connectivity index (χ1n) is 30.4. The maximum absolute atomic E-state index is 4.93. The van der Waals surface area contributed by atoms with Gasteiger partial charge < -0.3 is 0 Å². The number of hydrogen-bond donors (Lipinski definition) is 0. The van der Waals surface area contributed by atoms with E-state index in [4.69, 9.17) is 17.0 Å². The molecule has 0 atom stereocenters. The molecule has 0 spiro atoms. The summed E-state index contributed by atoms with van der Waals surface area (Å²) < 4.78 is 0. The molecular formula is C84H68Cl2SiZr. The van der Waals surface area contributed by atoms with E-state index in [1.807, 2.05) is 0 Å². The maximum atomic E-state index is 4.93. The monoisotopic (exact) mass is 1260 g/mol. The topological polar surface area (TPSA) is 0 Å². The van der Waals surface area contributed by atoms with Crippen LogP contribution >= 0.6 is 17.0 Å². The summed E-state index contributed by atoms with van der Waals surface area (Å²) in [4.78, 5) is 0. The molecule has 0 aliphatic heterocycles. The SMILES string of the molecule is CC(C)(C)c1cc2c(-c3c4ccccc4cc4ccccc34)ccc(-c3c4ccccc4cc4ccccc34)c2[cH-]1.CC(C)(C)c1cc2c(-c3c4ccccc4cc4ccccc34)ccc(-c3c4ccccc4cc4ccccc34)c2[cH-]1.C[Si]C.[Cl][Zr+2][Cl]. The molecule has 0 amide bonds. The fraction of sp³-hybridized carbons (Fsp3) is 0.119. The number of fused-ring (bicyclic) bond motifs is 10. The zero-order chi connectivity index (χ0) is 60.8. The summed E-state index contributed by atoms with van der Waals surface area (Å²) in [5, 5.41) is 25.9. The zero-order valence-corrected chi connectivity index (χ0v) is 56.1. The molecule has 426 valence electrons. The van der Waals surface area contributed by atoms with Gasteiger partial charge in [-0.3, -0.25) is 0 Å². The molecule has 0 aromatic heterocycles. The summed E-state index contributed by atoms with van der Waals surface area (Å²) in [5.41, 5.74) is 13.3. The average molecular weight is 1270 g/mol. The van der Waals surface area contributed by atoms with Crippen LogP contribution in [0.5, 0.6) is 0 Å². The molecular weight excluding hydrogens is 1200 g/mol. The van der Waals surface area contributed by atoms with Crippen LogP contribution in [0.25, 0.3) is 152 Å². The predicted molar refractivity (Wildman–Crippen MR) is 387 cm³/mol. The summed E-state index contributed by atoms with van der Waals surface area (Å²) in [5.74, 6) is 0. The second-order valence-corrected chi connectivity index (χ2v) is 30.0. The number of halogens is 2. The Labute approximate surface area is 538 Å². The summed E-state index contributed by atoms with van der Waals surface area (Å²) in [6, 6.07) is 99.3. The van der Waals surface area contributed by atoms with E-state index in [1.54, 1.807) is 0 Å². The Morgan fingerprint density at radius 1 is 0.273 bits per heavy atom. The number of rotatable bonds is 4. The second kappa shape index (κ2) is 24.6. The van der Waals surface area contributed by atoms with Crippen LogP contribution in [0.15, 0.2) is 267 Å². The Morgan fingerprint density at radius 3 is 0.659 bits per heavy atom. The van der Waals surface area contributed by atoms with Gasteiger partial charge in [0.2, 0.25) is 0 Å². The molecule has 0 N–H and O–H groups in total. The molecule has 0 nitrogen and oxygen atoms in total. The van der Waals surface area contributed by atoms with Crippen molar-refractivity contribution >= 4 is 134 Å². The normalized spacial score (nSPS) is 11.8. The quantitative estimate of drug-likeness (QED) is 0.0936. The van der Waals surface area contributed by atoms with Crippen LogP contribution in [0.3, 0.4) is 0 Å². The van der Waals surface area contributed by atoms with Gasteiger partial charge in [0, 0.05) is 9.52 Å². The Hall–Kier alpha value is -7.94. The van der Waals surface area contributed by atoms with E-state index >= 15 is 0 Å². The fourth-order valence-electron chi connectivity index (χ4n) is 13.6. The van der Waals surface area contributed by atoms with Gasteiger partial charge in [0.1, 0.15) is 0 Å². The van der Waals surface area contributed by atoms with E-state index in [-0.39, 0.29) is 10.8 Å². The van der Waals surface area contributed by atoms with Gasteiger partial charge in [-0.15, -0.1) is 44.8 Å². The minimum absolute atomic E-state index is 0.0369. The third-order valence-electron chi connectivity index (χ3n) is 17.7. The molecule has 88 heavy (non-hydrogen) atoms. The van der Waals surface area contributed by atoms with E-state index in [1.165, 1.54) is 163 Å². The van der Waals surface area contributed by atoms with Crippen molar-refractivity contribution in [1.82, 2.24) is 0 Å². The number of hydrogen-bond acceptors (Lipinski definition) is 0. The van der Waals surface area contributed by atoms with Crippen molar-refractivity contribution in [2.45, 2.75) is 65.5 Å². The molecule has 16 aromatic carbocycles. The molecule has 0 saturated carbocycles. The van der Waals surface area contributed by atoms with Gasteiger partial charge in [0.05, 0.1) is 0 Å². The molecule has 0 fully saturated rings. The van der Waals surface area contributed by atoms with Crippen LogP contribution in [0.1, 0.15) is 52.7 Å². The third kappa shape index (κ3) is 10.9. The molecule has 0 aliphatic carbocycles. The summed E-state index contributed by atoms with van der Waals surface area (Å²) >= 11 is -0.826. The Balaban J connectivity index is 0.000000149. The fourth-order valence-corrected chi connectivity index (χ4v) is 13.6. The van der Waals surface area contributed by atoms with Gasteiger partial charge in [0.25, 0.3) is 0 Å². The Bertz CT molecular complexity index is 4440. The van der Waals surface area contributed by atoms with Crippen molar-refractivity contribution in [3.63, 3.8) is 0 Å². The van der Waals surface area contributed by atoms with Gasteiger partial charge in [-0.1, -0.05) is 295 Å². The Morgan fingerprint density at radius 2 is 0.455 bits per heavy atom. The molecule has 0 saturated heterocycles. The van der Waals surface area contributed by atoms with E-state index in [2.05, 4.69) is 322 Å². The standard InChI is InChI=1S/2C41H31.C2H6Si.2ClH.Zr/c2*1-41(2,3)30-24-37-35(39-31-16-8-4-12-26(31)22-27-13-5-9-17-32(27)39)20-21-36(38(37)25-30)40-33-18-10-6-14-28(33)23-29-15-7-11-19-34(29)40;1-3-2;;;/h2*4-25H,1-3H3;1-2H3;2*1H;/q2*-1;;;;+4/p-2. The van der Waals surface area contributed by atoms with Gasteiger partial charge in [-0.25, -0.2) is 0 Å². The van der Waals surface area contributed by atoms with Gasteiger partial charge in [-0.2, -0.15) is 12.1 Å². The molecule has 0 unspecified atom stereocenters. The summed E-state index contributed by atoms with van der Waals surface area (Å²) in [6.45, 7) is 18.2. The molecule has 0 aliphatic rings.